The highest BCUT2D eigenvalue weighted by Gasteiger charge is 2.41. The number of hydrogen-bond acceptors (Lipinski definition) is 3. The molecule has 2 aliphatic rings. The Balaban J connectivity index is 1.81. The Labute approximate surface area is 89.4 Å². The summed E-state index contributed by atoms with van der Waals surface area (Å²) >= 11 is 0. The second kappa shape index (κ2) is 3.45. The molecule has 1 N–H and O–H groups in total. The molecule has 0 atom stereocenters. The number of fused-ring (bicyclic) bond motifs is 1. The maximum absolute atomic E-state index is 3.78. The molecule has 0 amide bonds. The van der Waals surface area contributed by atoms with Crippen molar-refractivity contribution in [1.29, 1.82) is 0 Å². The smallest absolute Gasteiger partial charge is 0.0778 e. The molecule has 2 fully saturated rings. The van der Waals surface area contributed by atoms with Crippen molar-refractivity contribution in [2.24, 2.45) is 0 Å². The lowest BCUT2D eigenvalue weighted by atomic mass is 9.93. The molecule has 2 aliphatic heterocycles. The van der Waals surface area contributed by atoms with Gasteiger partial charge in [0, 0.05) is 5.54 Å². The Morgan fingerprint density at radius 1 is 1.33 bits per heavy atom. The normalized spacial score (nSPS) is 25.1. The van der Waals surface area contributed by atoms with Crippen molar-refractivity contribution in [3.05, 3.63) is 18.0 Å². The maximum Gasteiger partial charge on any atom is 0.0778 e. The number of aromatic nitrogens is 3. The fourth-order valence-corrected chi connectivity index (χ4v) is 2.95. The van der Waals surface area contributed by atoms with Gasteiger partial charge in [-0.1, -0.05) is 11.3 Å². The zero-order valence-corrected chi connectivity index (χ0v) is 8.82. The summed E-state index contributed by atoms with van der Waals surface area (Å²) in [6.07, 6.45) is 11.5. The summed E-state index contributed by atoms with van der Waals surface area (Å²) in [6, 6.07) is 0. The van der Waals surface area contributed by atoms with Crippen molar-refractivity contribution in [2.75, 3.05) is 13.1 Å². The quantitative estimate of drug-likeness (QED) is 0.793. The molecule has 3 heterocycles. The topological polar surface area (TPSA) is 44.8 Å². The van der Waals surface area contributed by atoms with Gasteiger partial charge in [-0.25, -0.2) is 0 Å². The minimum atomic E-state index is 0.352. The van der Waals surface area contributed by atoms with Crippen LogP contribution in [0.15, 0.2) is 12.3 Å². The van der Waals surface area contributed by atoms with Crippen molar-refractivity contribution in [2.45, 2.75) is 31.2 Å². The number of hydrogen-bond donors (Lipinski definition) is 1. The van der Waals surface area contributed by atoms with Gasteiger partial charge in [0.15, 0.2) is 0 Å². The molecule has 4 heteroatoms. The summed E-state index contributed by atoms with van der Waals surface area (Å²) in [5.41, 5.74) is 1.36. The summed E-state index contributed by atoms with van der Waals surface area (Å²) in [7, 11) is 0. The Hall–Kier alpha value is -1.16. The van der Waals surface area contributed by atoms with E-state index in [1.165, 1.54) is 38.8 Å². The van der Waals surface area contributed by atoms with E-state index in [1.54, 1.807) is 6.20 Å². The lowest BCUT2D eigenvalue weighted by Crippen LogP contribution is -2.35. The largest absolute Gasteiger partial charge is 0.294 e. The van der Waals surface area contributed by atoms with E-state index in [0.29, 0.717) is 5.54 Å². The van der Waals surface area contributed by atoms with Crippen LogP contribution in [0.1, 0.15) is 31.4 Å². The van der Waals surface area contributed by atoms with Gasteiger partial charge in [-0.2, -0.15) is 0 Å². The number of nitrogens with one attached hydrogen (secondary N) is 1. The second-order valence-corrected chi connectivity index (χ2v) is 4.54. The highest BCUT2D eigenvalue weighted by atomic mass is 15.3. The van der Waals surface area contributed by atoms with Gasteiger partial charge in [-0.3, -0.25) is 10.00 Å². The third-order valence-electron chi connectivity index (χ3n) is 3.71. The molecule has 0 spiro atoms. The molecular formula is C11H16N4. The first-order valence-electron chi connectivity index (χ1n) is 5.69. The van der Waals surface area contributed by atoms with Crippen LogP contribution in [0.5, 0.6) is 0 Å². The predicted molar refractivity (Wildman–Crippen MR) is 58.2 cm³/mol. The van der Waals surface area contributed by atoms with Crippen LogP contribution in [0, 0.1) is 0 Å². The molecule has 15 heavy (non-hydrogen) atoms. The van der Waals surface area contributed by atoms with E-state index in [2.05, 4.69) is 32.5 Å². The van der Waals surface area contributed by atoms with Gasteiger partial charge in [0.2, 0.25) is 0 Å². The van der Waals surface area contributed by atoms with Gasteiger partial charge in [0.25, 0.3) is 0 Å². The molecule has 4 nitrogen and oxygen atoms in total. The van der Waals surface area contributed by atoms with Gasteiger partial charge in [-0.15, -0.1) is 5.10 Å². The van der Waals surface area contributed by atoms with E-state index in [0.717, 1.165) is 5.69 Å². The fraction of sp³-hybridized carbons (Fsp3) is 0.636. The first-order chi connectivity index (χ1) is 7.39. The molecule has 1 aromatic rings. The minimum Gasteiger partial charge on any atom is -0.294 e. The summed E-state index contributed by atoms with van der Waals surface area (Å²) in [5, 5.41) is 10.4. The molecule has 1 aromatic heterocycles. The number of rotatable bonds is 2. The summed E-state index contributed by atoms with van der Waals surface area (Å²) in [5.74, 6) is 0. The van der Waals surface area contributed by atoms with Crippen molar-refractivity contribution < 1.29 is 0 Å². The number of nitrogens with zero attached hydrogens (tertiary/aromatic N) is 3. The first-order valence-corrected chi connectivity index (χ1v) is 5.69. The van der Waals surface area contributed by atoms with Gasteiger partial charge in [-0.05, 0) is 44.8 Å². The van der Waals surface area contributed by atoms with E-state index >= 15 is 0 Å². The maximum atomic E-state index is 3.78. The van der Waals surface area contributed by atoms with Crippen molar-refractivity contribution in [3.63, 3.8) is 0 Å². The molecule has 0 unspecified atom stereocenters. The molecule has 3 rings (SSSR count). The van der Waals surface area contributed by atoms with Crippen molar-refractivity contribution >= 4 is 6.08 Å². The van der Waals surface area contributed by atoms with Crippen molar-refractivity contribution in [3.8, 4) is 0 Å². The Morgan fingerprint density at radius 3 is 2.80 bits per heavy atom. The van der Waals surface area contributed by atoms with Crippen LogP contribution in [-0.2, 0) is 0 Å². The molecule has 2 saturated heterocycles. The van der Waals surface area contributed by atoms with Crippen LogP contribution >= 0.6 is 0 Å². The molecule has 0 aromatic carbocycles. The van der Waals surface area contributed by atoms with E-state index in [-0.39, 0.29) is 0 Å². The van der Waals surface area contributed by atoms with Gasteiger partial charge in [0.05, 0.1) is 11.9 Å². The summed E-state index contributed by atoms with van der Waals surface area (Å²) in [4.78, 5) is 2.62. The van der Waals surface area contributed by atoms with Crippen LogP contribution in [-0.4, -0.2) is 38.9 Å². The Kier molecular flexibility index (Phi) is 2.09. The average molecular weight is 204 g/mol. The average Bonchev–Trinajstić information content (AvgIpc) is 2.91. The van der Waals surface area contributed by atoms with E-state index < -0.39 is 0 Å². The Bertz CT molecular complexity index is 345. The molecule has 0 saturated carbocycles. The standard InChI is InChI=1S/C11H16N4/c1-4-11(5-2-8-15(11)7-1)6-3-10-9-12-14-13-10/h3,6,9H,1-2,4-5,7-8H2,(H,12,13,14). The van der Waals surface area contributed by atoms with E-state index in [9.17, 15) is 0 Å². The summed E-state index contributed by atoms with van der Waals surface area (Å²) < 4.78 is 0. The first kappa shape index (κ1) is 9.09. The van der Waals surface area contributed by atoms with Crippen LogP contribution in [0.2, 0.25) is 0 Å². The highest BCUT2D eigenvalue weighted by molar-refractivity contribution is 5.45. The SMILES string of the molecule is C(=CC12CCCN1CCC2)c1cnn[nH]1. The number of H-pyrrole nitrogens is 1. The molecule has 0 aliphatic carbocycles. The van der Waals surface area contributed by atoms with Crippen LogP contribution in [0.3, 0.4) is 0 Å². The molecule has 80 valence electrons. The molecular weight excluding hydrogens is 188 g/mol. The monoisotopic (exact) mass is 204 g/mol. The van der Waals surface area contributed by atoms with E-state index in [1.807, 2.05) is 0 Å². The van der Waals surface area contributed by atoms with Gasteiger partial charge < -0.3 is 0 Å². The highest BCUT2D eigenvalue weighted by Crippen LogP contribution is 2.40. The lowest BCUT2D eigenvalue weighted by molar-refractivity contribution is 0.251. The van der Waals surface area contributed by atoms with Gasteiger partial charge in [0.1, 0.15) is 0 Å². The molecule has 0 radical (unpaired) electrons. The zero-order chi connectivity index (χ0) is 10.1. The van der Waals surface area contributed by atoms with Crippen molar-refractivity contribution in [1.82, 2.24) is 20.3 Å². The summed E-state index contributed by atoms with van der Waals surface area (Å²) in [6.45, 7) is 2.54. The lowest BCUT2D eigenvalue weighted by Gasteiger charge is -2.28. The number of aromatic amines is 1. The van der Waals surface area contributed by atoms with E-state index in [4.69, 9.17) is 0 Å². The molecule has 0 bridgehead atoms. The fourth-order valence-electron chi connectivity index (χ4n) is 2.95. The predicted octanol–water partition coefficient (Wildman–Crippen LogP) is 1.45. The van der Waals surface area contributed by atoms with Crippen LogP contribution < -0.4 is 0 Å². The third-order valence-corrected chi connectivity index (χ3v) is 3.71. The second-order valence-electron chi connectivity index (χ2n) is 4.54. The minimum absolute atomic E-state index is 0.352. The third kappa shape index (κ3) is 1.49. The van der Waals surface area contributed by atoms with Crippen LogP contribution in [0.4, 0.5) is 0 Å². The Morgan fingerprint density at radius 2 is 2.13 bits per heavy atom. The van der Waals surface area contributed by atoms with Crippen LogP contribution in [0.25, 0.3) is 6.08 Å². The zero-order valence-electron chi connectivity index (χ0n) is 8.82. The van der Waals surface area contributed by atoms with Gasteiger partial charge >= 0.3 is 0 Å².